The molecule has 3 nitrogen and oxygen atoms in total. The van der Waals surface area contributed by atoms with Gasteiger partial charge in [0, 0.05) is 5.56 Å². The van der Waals surface area contributed by atoms with Crippen LogP contribution in [0.25, 0.3) is 0 Å². The molecular weight excluding hydrogens is 188 g/mol. The van der Waals surface area contributed by atoms with Gasteiger partial charge in [0.2, 0.25) is 0 Å². The lowest BCUT2D eigenvalue weighted by Gasteiger charge is -1.98. The van der Waals surface area contributed by atoms with E-state index in [9.17, 15) is 4.79 Å². The van der Waals surface area contributed by atoms with Gasteiger partial charge in [-0.15, -0.1) is 0 Å². The first-order valence-electron chi connectivity index (χ1n) is 4.81. The van der Waals surface area contributed by atoms with Crippen molar-refractivity contribution in [3.05, 3.63) is 47.2 Å². The molecule has 76 valence electrons. The predicted octanol–water partition coefficient (Wildman–Crippen LogP) is 1.86. The number of carbonyl (C=O) groups excluding carboxylic acids is 1. The monoisotopic (exact) mass is 200 g/mol. The fourth-order valence-electron chi connectivity index (χ4n) is 1.43. The van der Waals surface area contributed by atoms with Crippen LogP contribution in [0.4, 0.5) is 0 Å². The van der Waals surface area contributed by atoms with Gasteiger partial charge >= 0.3 is 0 Å². The van der Waals surface area contributed by atoms with Crippen molar-refractivity contribution in [3.8, 4) is 0 Å². The van der Waals surface area contributed by atoms with E-state index >= 15 is 0 Å². The van der Waals surface area contributed by atoms with E-state index in [-0.39, 0.29) is 5.91 Å². The molecule has 0 unspecified atom stereocenters. The van der Waals surface area contributed by atoms with Crippen molar-refractivity contribution in [1.82, 2.24) is 5.32 Å². The Kier molecular flexibility index (Phi) is 2.37. The normalized spacial score (nSPS) is 14.9. The largest absolute Gasteiger partial charge is 0.305 e. The van der Waals surface area contributed by atoms with Crippen molar-refractivity contribution < 1.29 is 4.79 Å². The fourth-order valence-corrected chi connectivity index (χ4v) is 1.43. The summed E-state index contributed by atoms with van der Waals surface area (Å²) in [6.07, 6.45) is 0. The average Bonchev–Trinajstić information content (AvgIpc) is 2.62. The highest BCUT2D eigenvalue weighted by molar-refractivity contribution is 6.18. The highest BCUT2D eigenvalue weighted by Crippen LogP contribution is 2.13. The molecule has 0 radical (unpaired) electrons. The van der Waals surface area contributed by atoms with Crippen molar-refractivity contribution in [2.24, 2.45) is 4.99 Å². The Labute approximate surface area is 88.5 Å². The van der Waals surface area contributed by atoms with Crippen molar-refractivity contribution in [2.45, 2.75) is 13.8 Å². The van der Waals surface area contributed by atoms with E-state index in [0.29, 0.717) is 11.5 Å². The van der Waals surface area contributed by atoms with Crippen LogP contribution in [0.15, 0.2) is 46.6 Å². The van der Waals surface area contributed by atoms with Gasteiger partial charge in [0.25, 0.3) is 5.91 Å². The molecule has 2 rings (SSSR count). The summed E-state index contributed by atoms with van der Waals surface area (Å²) in [7, 11) is 0. The molecule has 1 aromatic rings. The first-order valence-corrected chi connectivity index (χ1v) is 4.81. The molecule has 0 saturated carbocycles. The second kappa shape index (κ2) is 3.69. The van der Waals surface area contributed by atoms with Crippen LogP contribution in [0.2, 0.25) is 0 Å². The number of hydrogen-bond donors (Lipinski definition) is 1. The van der Waals surface area contributed by atoms with E-state index in [1.807, 2.05) is 44.2 Å². The van der Waals surface area contributed by atoms with Crippen LogP contribution >= 0.6 is 0 Å². The lowest BCUT2D eigenvalue weighted by atomic mass is 10.2. The minimum Gasteiger partial charge on any atom is -0.305 e. The molecule has 1 amide bonds. The second-order valence-corrected chi connectivity index (χ2v) is 3.63. The molecule has 0 bridgehead atoms. The van der Waals surface area contributed by atoms with Crippen LogP contribution in [-0.4, -0.2) is 11.7 Å². The minimum atomic E-state index is -0.117. The number of nitrogens with zero attached hydrogens (tertiary/aromatic N) is 1. The number of amidine groups is 1. The van der Waals surface area contributed by atoms with Gasteiger partial charge in [-0.3, -0.25) is 4.79 Å². The fraction of sp³-hybridized carbons (Fsp3) is 0.167. The highest BCUT2D eigenvalue weighted by Gasteiger charge is 2.21. The Bertz CT molecular complexity index is 454. The Morgan fingerprint density at radius 1 is 1.20 bits per heavy atom. The maximum absolute atomic E-state index is 11.5. The van der Waals surface area contributed by atoms with Crippen LogP contribution in [0.1, 0.15) is 19.4 Å². The van der Waals surface area contributed by atoms with Gasteiger partial charge < -0.3 is 5.32 Å². The smallest absolute Gasteiger partial charge is 0.275 e. The molecule has 1 aliphatic rings. The third kappa shape index (κ3) is 1.81. The maximum atomic E-state index is 11.5. The molecule has 3 heteroatoms. The molecular formula is C12H12N2O. The summed E-state index contributed by atoms with van der Waals surface area (Å²) < 4.78 is 0. The number of aliphatic imine (C=N–C) groups is 1. The third-order valence-electron chi connectivity index (χ3n) is 2.19. The zero-order chi connectivity index (χ0) is 10.8. The molecule has 1 aromatic carbocycles. The molecule has 1 N–H and O–H groups in total. The molecule has 0 aromatic heterocycles. The van der Waals surface area contributed by atoms with Gasteiger partial charge in [-0.1, -0.05) is 30.3 Å². The lowest BCUT2D eigenvalue weighted by molar-refractivity contribution is -0.115. The quantitative estimate of drug-likeness (QED) is 0.691. The van der Waals surface area contributed by atoms with Crippen molar-refractivity contribution in [1.29, 1.82) is 0 Å². The summed E-state index contributed by atoms with van der Waals surface area (Å²) in [6.45, 7) is 3.76. The summed E-state index contributed by atoms with van der Waals surface area (Å²) in [4.78, 5) is 15.8. The van der Waals surface area contributed by atoms with Crippen molar-refractivity contribution >= 4 is 11.7 Å². The van der Waals surface area contributed by atoms with E-state index in [1.165, 1.54) is 0 Å². The molecule has 1 aliphatic heterocycles. The Morgan fingerprint density at radius 3 is 2.40 bits per heavy atom. The van der Waals surface area contributed by atoms with E-state index < -0.39 is 0 Å². The van der Waals surface area contributed by atoms with E-state index in [2.05, 4.69) is 10.3 Å². The molecule has 0 spiro atoms. The predicted molar refractivity (Wildman–Crippen MR) is 59.5 cm³/mol. The molecule has 0 fully saturated rings. The number of rotatable bonds is 1. The van der Waals surface area contributed by atoms with Gasteiger partial charge in [-0.05, 0) is 19.4 Å². The first-order chi connectivity index (χ1) is 7.18. The highest BCUT2D eigenvalue weighted by atomic mass is 16.2. The summed E-state index contributed by atoms with van der Waals surface area (Å²) in [5, 5.41) is 2.75. The Morgan fingerprint density at radius 2 is 1.87 bits per heavy atom. The van der Waals surface area contributed by atoms with E-state index in [4.69, 9.17) is 0 Å². The van der Waals surface area contributed by atoms with Gasteiger partial charge in [-0.2, -0.15) is 0 Å². The Hall–Kier alpha value is -1.90. The van der Waals surface area contributed by atoms with E-state index in [0.717, 1.165) is 11.1 Å². The number of benzene rings is 1. The van der Waals surface area contributed by atoms with Crippen LogP contribution < -0.4 is 5.32 Å². The van der Waals surface area contributed by atoms with Crippen LogP contribution in [-0.2, 0) is 4.79 Å². The van der Waals surface area contributed by atoms with Crippen molar-refractivity contribution in [2.75, 3.05) is 0 Å². The summed E-state index contributed by atoms with van der Waals surface area (Å²) in [5.41, 5.74) is 2.38. The number of hydrogen-bond acceptors (Lipinski definition) is 2. The lowest BCUT2D eigenvalue weighted by Crippen LogP contribution is -2.24. The molecule has 0 aliphatic carbocycles. The van der Waals surface area contributed by atoms with Crippen molar-refractivity contribution in [3.63, 3.8) is 0 Å². The van der Waals surface area contributed by atoms with Crippen LogP contribution in [0, 0.1) is 0 Å². The molecule has 15 heavy (non-hydrogen) atoms. The number of nitrogens with one attached hydrogen (secondary N) is 1. The third-order valence-corrected chi connectivity index (χ3v) is 2.19. The Balaban J connectivity index is 2.40. The zero-order valence-electron chi connectivity index (χ0n) is 8.74. The first kappa shape index (κ1) is 9.65. The molecule has 1 heterocycles. The number of carbonyl (C=O) groups is 1. The molecule has 0 saturated heterocycles. The van der Waals surface area contributed by atoms with Gasteiger partial charge in [0.05, 0.1) is 0 Å². The maximum Gasteiger partial charge on any atom is 0.275 e. The topological polar surface area (TPSA) is 41.5 Å². The summed E-state index contributed by atoms with van der Waals surface area (Å²) >= 11 is 0. The van der Waals surface area contributed by atoms with Crippen LogP contribution in [0.3, 0.4) is 0 Å². The number of amides is 1. The number of allylic oxidation sites excluding steroid dienone is 1. The van der Waals surface area contributed by atoms with Crippen LogP contribution in [0.5, 0.6) is 0 Å². The molecule has 0 atom stereocenters. The van der Waals surface area contributed by atoms with Gasteiger partial charge in [-0.25, -0.2) is 4.99 Å². The SMILES string of the molecule is CC(C)=C1N=C(c2ccccc2)NC1=O. The second-order valence-electron chi connectivity index (χ2n) is 3.63. The average molecular weight is 200 g/mol. The standard InChI is InChI=1S/C12H12N2O/c1-8(2)10-12(15)14-11(13-10)9-6-4-3-5-7-9/h3-7H,1-2H3,(H,13,14,15). The van der Waals surface area contributed by atoms with Gasteiger partial charge in [0.15, 0.2) is 0 Å². The minimum absolute atomic E-state index is 0.117. The summed E-state index contributed by atoms with van der Waals surface area (Å²) in [5.74, 6) is 0.519. The van der Waals surface area contributed by atoms with E-state index in [1.54, 1.807) is 0 Å². The van der Waals surface area contributed by atoms with Gasteiger partial charge in [0.1, 0.15) is 11.5 Å². The summed E-state index contributed by atoms with van der Waals surface area (Å²) in [6, 6.07) is 9.62. The zero-order valence-corrected chi connectivity index (χ0v) is 8.74.